The molecule has 70 valence electrons. The largest absolute Gasteiger partial charge is 0.340 e. The first-order valence-corrected chi connectivity index (χ1v) is 3.98. The molecular weight excluding hydrogens is 168 g/mol. The predicted molar refractivity (Wildman–Crippen MR) is 46.1 cm³/mol. The fraction of sp³-hybridized carbons (Fsp3) is 0.625. The summed E-state index contributed by atoms with van der Waals surface area (Å²) in [5.74, 6) is -0.217. The average molecular weight is 180 g/mol. The second-order valence-electron chi connectivity index (χ2n) is 2.40. The minimum Gasteiger partial charge on any atom is -0.340 e. The molecule has 13 heavy (non-hydrogen) atoms. The smallest absolute Gasteiger partial charge is 0.236 e. The third kappa shape index (κ3) is 4.78. The molecule has 0 aromatic rings. The van der Waals surface area contributed by atoms with Gasteiger partial charge >= 0.3 is 0 Å². The van der Waals surface area contributed by atoms with Gasteiger partial charge in [-0.3, -0.25) is 4.79 Å². The highest BCUT2D eigenvalue weighted by Crippen LogP contribution is 1.93. The molecule has 0 saturated heterocycles. The van der Waals surface area contributed by atoms with Crippen molar-refractivity contribution in [2.24, 2.45) is 5.73 Å². The summed E-state index contributed by atoms with van der Waals surface area (Å²) in [6.07, 6.45) is 0.550. The van der Waals surface area contributed by atoms with Gasteiger partial charge < -0.3 is 10.6 Å². The summed E-state index contributed by atoms with van der Waals surface area (Å²) in [5.41, 5.74) is 5.16. The first kappa shape index (κ1) is 11.4. The topological polar surface area (TPSA) is 93.9 Å². The van der Waals surface area contributed by atoms with Crippen LogP contribution in [0.2, 0.25) is 0 Å². The zero-order valence-electron chi connectivity index (χ0n) is 7.36. The molecule has 5 heteroatoms. The van der Waals surface area contributed by atoms with Crippen molar-refractivity contribution in [2.75, 3.05) is 19.6 Å². The van der Waals surface area contributed by atoms with Crippen LogP contribution in [0.1, 0.15) is 12.8 Å². The zero-order valence-corrected chi connectivity index (χ0v) is 7.36. The fourth-order valence-electron chi connectivity index (χ4n) is 0.860. The molecule has 0 unspecified atom stereocenters. The summed E-state index contributed by atoms with van der Waals surface area (Å²) in [4.78, 5) is 12.5. The van der Waals surface area contributed by atoms with Crippen molar-refractivity contribution in [3.8, 4) is 12.1 Å². The van der Waals surface area contributed by atoms with Crippen LogP contribution in [0.5, 0.6) is 0 Å². The van der Waals surface area contributed by atoms with E-state index in [1.807, 2.05) is 12.1 Å². The van der Waals surface area contributed by atoms with Crippen LogP contribution in [0.3, 0.4) is 0 Å². The summed E-state index contributed by atoms with van der Waals surface area (Å²) in [6.45, 7) is 0.638. The van der Waals surface area contributed by atoms with Gasteiger partial charge in [-0.15, -0.1) is 0 Å². The maximum Gasteiger partial charge on any atom is 0.236 e. The highest BCUT2D eigenvalue weighted by Gasteiger charge is 2.09. The summed E-state index contributed by atoms with van der Waals surface area (Å²) in [7, 11) is 0. The summed E-state index contributed by atoms with van der Waals surface area (Å²) in [5, 5.41) is 16.6. The number of nitrogens with two attached hydrogens (primary N) is 1. The number of hydrogen-bond donors (Lipinski definition) is 1. The van der Waals surface area contributed by atoms with E-state index < -0.39 is 0 Å². The van der Waals surface area contributed by atoms with Crippen molar-refractivity contribution in [1.29, 1.82) is 10.5 Å². The molecule has 0 atom stereocenters. The van der Waals surface area contributed by atoms with E-state index in [-0.39, 0.29) is 25.3 Å². The third-order valence-electron chi connectivity index (χ3n) is 1.51. The van der Waals surface area contributed by atoms with Crippen LogP contribution in [0.4, 0.5) is 0 Å². The van der Waals surface area contributed by atoms with Crippen molar-refractivity contribution in [1.82, 2.24) is 4.90 Å². The van der Waals surface area contributed by atoms with E-state index in [4.69, 9.17) is 16.3 Å². The van der Waals surface area contributed by atoms with Gasteiger partial charge in [-0.1, -0.05) is 0 Å². The normalized spacial score (nSPS) is 8.54. The molecule has 0 aromatic carbocycles. The van der Waals surface area contributed by atoms with Gasteiger partial charge in [0.25, 0.3) is 0 Å². The Labute approximate surface area is 77.3 Å². The number of nitrogens with zero attached hydrogens (tertiary/aromatic N) is 3. The number of carbonyl (C=O) groups is 1. The van der Waals surface area contributed by atoms with Crippen molar-refractivity contribution in [3.63, 3.8) is 0 Å². The molecule has 5 nitrogen and oxygen atoms in total. The quantitative estimate of drug-likeness (QED) is 0.622. The van der Waals surface area contributed by atoms with Gasteiger partial charge in [0.1, 0.15) is 0 Å². The Morgan fingerprint density at radius 2 is 1.69 bits per heavy atom. The molecule has 0 bridgehead atoms. The van der Waals surface area contributed by atoms with E-state index in [2.05, 4.69) is 0 Å². The molecule has 0 fully saturated rings. The Morgan fingerprint density at radius 3 is 2.00 bits per heavy atom. The van der Waals surface area contributed by atoms with Crippen LogP contribution in [-0.2, 0) is 4.79 Å². The van der Waals surface area contributed by atoms with Gasteiger partial charge in [-0.05, 0) is 0 Å². The maximum absolute atomic E-state index is 11.1. The predicted octanol–water partition coefficient (Wildman–Crippen LogP) is -0.399. The fourth-order valence-corrected chi connectivity index (χ4v) is 0.860. The van der Waals surface area contributed by atoms with Crippen LogP contribution < -0.4 is 5.73 Å². The maximum atomic E-state index is 11.1. The zero-order chi connectivity index (χ0) is 10.1. The van der Waals surface area contributed by atoms with Crippen molar-refractivity contribution in [3.05, 3.63) is 0 Å². The van der Waals surface area contributed by atoms with Crippen molar-refractivity contribution < 1.29 is 4.79 Å². The van der Waals surface area contributed by atoms with Crippen molar-refractivity contribution >= 4 is 5.91 Å². The first-order valence-electron chi connectivity index (χ1n) is 3.98. The van der Waals surface area contributed by atoms with E-state index >= 15 is 0 Å². The SMILES string of the molecule is N#CCCN(CCC#N)C(=O)CN. The lowest BCUT2D eigenvalue weighted by Crippen LogP contribution is -2.37. The number of amides is 1. The lowest BCUT2D eigenvalue weighted by atomic mass is 10.3. The average Bonchev–Trinajstić information content (AvgIpc) is 2.17. The Kier molecular flexibility index (Phi) is 6.21. The van der Waals surface area contributed by atoms with E-state index in [0.717, 1.165) is 0 Å². The molecular formula is C8H12N4O. The molecule has 0 heterocycles. The van der Waals surface area contributed by atoms with E-state index in [9.17, 15) is 4.79 Å². The summed E-state index contributed by atoms with van der Waals surface area (Å²) in [6, 6.07) is 3.87. The van der Waals surface area contributed by atoms with Gasteiger partial charge in [0.2, 0.25) is 5.91 Å². The minimum absolute atomic E-state index is 0.0726. The molecule has 0 spiro atoms. The molecule has 0 aliphatic carbocycles. The number of hydrogen-bond acceptors (Lipinski definition) is 4. The van der Waals surface area contributed by atoms with Crippen molar-refractivity contribution in [2.45, 2.75) is 12.8 Å². The van der Waals surface area contributed by atoms with E-state index in [0.29, 0.717) is 13.1 Å². The van der Waals surface area contributed by atoms with E-state index in [1.165, 1.54) is 4.90 Å². The second-order valence-corrected chi connectivity index (χ2v) is 2.40. The van der Waals surface area contributed by atoms with Gasteiger partial charge in [-0.2, -0.15) is 10.5 Å². The Balaban J connectivity index is 3.97. The van der Waals surface area contributed by atoms with Gasteiger partial charge in [0.15, 0.2) is 0 Å². The standard InChI is InChI=1S/C8H12N4O/c9-3-1-5-12(6-2-4-10)8(13)7-11/h1-2,5-7,11H2. The molecule has 0 radical (unpaired) electrons. The van der Waals surface area contributed by atoms with Crippen LogP contribution in [0.25, 0.3) is 0 Å². The molecule has 0 saturated carbocycles. The molecule has 1 amide bonds. The Morgan fingerprint density at radius 1 is 1.23 bits per heavy atom. The lowest BCUT2D eigenvalue weighted by Gasteiger charge is -2.18. The lowest BCUT2D eigenvalue weighted by molar-refractivity contribution is -0.129. The highest BCUT2D eigenvalue weighted by molar-refractivity contribution is 5.78. The van der Waals surface area contributed by atoms with Crippen LogP contribution in [0, 0.1) is 22.7 Å². The van der Waals surface area contributed by atoms with Crippen LogP contribution in [-0.4, -0.2) is 30.4 Å². The molecule has 0 aromatic heterocycles. The highest BCUT2D eigenvalue weighted by atomic mass is 16.2. The second kappa shape index (κ2) is 7.08. The Bertz CT molecular complexity index is 220. The first-order chi connectivity index (χ1) is 6.26. The Hall–Kier alpha value is -1.59. The van der Waals surface area contributed by atoms with Crippen LogP contribution in [0.15, 0.2) is 0 Å². The number of rotatable bonds is 5. The third-order valence-corrected chi connectivity index (χ3v) is 1.51. The van der Waals surface area contributed by atoms with Gasteiger partial charge in [0, 0.05) is 13.1 Å². The molecule has 0 rings (SSSR count). The number of nitriles is 2. The summed E-state index contributed by atoms with van der Waals surface area (Å²) < 4.78 is 0. The minimum atomic E-state index is -0.217. The molecule has 2 N–H and O–H groups in total. The summed E-state index contributed by atoms with van der Waals surface area (Å²) >= 11 is 0. The van der Waals surface area contributed by atoms with Gasteiger partial charge in [-0.25, -0.2) is 0 Å². The monoisotopic (exact) mass is 180 g/mol. The molecule has 0 aliphatic rings. The number of carbonyl (C=O) groups excluding carboxylic acids is 1. The van der Waals surface area contributed by atoms with E-state index in [1.54, 1.807) is 0 Å². The van der Waals surface area contributed by atoms with Gasteiger partial charge in [0.05, 0.1) is 31.5 Å². The van der Waals surface area contributed by atoms with Crippen LogP contribution >= 0.6 is 0 Å². The molecule has 0 aliphatic heterocycles.